The van der Waals surface area contributed by atoms with Crippen molar-refractivity contribution in [3.05, 3.63) is 29.8 Å². The minimum atomic E-state index is -0.283. The SMILES string of the molecule is CC(C)c1c[nH]c2ncc(F)cc12. The summed E-state index contributed by atoms with van der Waals surface area (Å²) in [7, 11) is 0. The first-order chi connectivity index (χ1) is 6.18. The van der Waals surface area contributed by atoms with Crippen LogP contribution in [0.25, 0.3) is 11.0 Å². The molecular formula is C10H11FN2. The molecule has 0 aliphatic carbocycles. The molecule has 0 bridgehead atoms. The number of aromatic nitrogens is 2. The number of fused-ring (bicyclic) bond motifs is 1. The van der Waals surface area contributed by atoms with Gasteiger partial charge in [-0.3, -0.25) is 0 Å². The molecule has 2 aromatic rings. The number of hydrogen-bond acceptors (Lipinski definition) is 1. The fourth-order valence-electron chi connectivity index (χ4n) is 1.48. The summed E-state index contributed by atoms with van der Waals surface area (Å²) in [6.45, 7) is 4.15. The Bertz CT molecular complexity index is 431. The summed E-state index contributed by atoms with van der Waals surface area (Å²) in [5.74, 6) is 0.103. The maximum atomic E-state index is 12.9. The lowest BCUT2D eigenvalue weighted by Gasteiger charge is -2.00. The molecule has 0 saturated carbocycles. The third-order valence-corrected chi connectivity index (χ3v) is 2.15. The van der Waals surface area contributed by atoms with Crippen LogP contribution >= 0.6 is 0 Å². The molecule has 3 heteroatoms. The zero-order chi connectivity index (χ0) is 9.42. The van der Waals surface area contributed by atoms with Crippen molar-refractivity contribution in [3.63, 3.8) is 0 Å². The molecular weight excluding hydrogens is 167 g/mol. The molecule has 68 valence electrons. The molecule has 2 aromatic heterocycles. The third kappa shape index (κ3) is 1.30. The Labute approximate surface area is 75.8 Å². The molecule has 0 unspecified atom stereocenters. The van der Waals surface area contributed by atoms with Crippen LogP contribution in [0, 0.1) is 5.82 Å². The van der Waals surface area contributed by atoms with E-state index in [1.54, 1.807) is 0 Å². The average Bonchev–Trinajstić information content (AvgIpc) is 2.46. The lowest BCUT2D eigenvalue weighted by molar-refractivity contribution is 0.624. The van der Waals surface area contributed by atoms with Crippen LogP contribution < -0.4 is 0 Å². The molecule has 2 rings (SSSR count). The first kappa shape index (κ1) is 8.23. The predicted molar refractivity (Wildman–Crippen MR) is 50.1 cm³/mol. The fraction of sp³-hybridized carbons (Fsp3) is 0.300. The molecule has 0 atom stereocenters. The van der Waals surface area contributed by atoms with E-state index in [4.69, 9.17) is 0 Å². The van der Waals surface area contributed by atoms with E-state index >= 15 is 0 Å². The molecule has 1 N–H and O–H groups in total. The Morgan fingerprint density at radius 1 is 1.46 bits per heavy atom. The Morgan fingerprint density at radius 2 is 2.23 bits per heavy atom. The van der Waals surface area contributed by atoms with Gasteiger partial charge in [0.15, 0.2) is 0 Å². The van der Waals surface area contributed by atoms with E-state index in [1.807, 2.05) is 6.20 Å². The van der Waals surface area contributed by atoms with Gasteiger partial charge in [-0.25, -0.2) is 9.37 Å². The van der Waals surface area contributed by atoms with Crippen molar-refractivity contribution >= 4 is 11.0 Å². The molecule has 0 aromatic carbocycles. The van der Waals surface area contributed by atoms with Gasteiger partial charge in [0, 0.05) is 11.6 Å². The number of nitrogens with zero attached hydrogens (tertiary/aromatic N) is 1. The number of hydrogen-bond donors (Lipinski definition) is 1. The van der Waals surface area contributed by atoms with E-state index in [1.165, 1.54) is 12.3 Å². The molecule has 0 aliphatic rings. The summed E-state index contributed by atoms with van der Waals surface area (Å²) < 4.78 is 12.9. The lowest BCUT2D eigenvalue weighted by atomic mass is 10.0. The summed E-state index contributed by atoms with van der Waals surface area (Å²) in [6.07, 6.45) is 3.12. The fourth-order valence-corrected chi connectivity index (χ4v) is 1.48. The molecule has 0 saturated heterocycles. The highest BCUT2D eigenvalue weighted by atomic mass is 19.1. The van der Waals surface area contributed by atoms with Crippen LogP contribution in [0.5, 0.6) is 0 Å². The summed E-state index contributed by atoms with van der Waals surface area (Å²) in [6, 6.07) is 1.52. The van der Waals surface area contributed by atoms with Crippen LogP contribution in [0.3, 0.4) is 0 Å². The topological polar surface area (TPSA) is 28.7 Å². The number of pyridine rings is 1. The first-order valence-electron chi connectivity index (χ1n) is 4.31. The number of nitrogens with one attached hydrogen (secondary N) is 1. The van der Waals surface area contributed by atoms with E-state index in [9.17, 15) is 4.39 Å². The van der Waals surface area contributed by atoms with E-state index in [2.05, 4.69) is 23.8 Å². The highest BCUT2D eigenvalue weighted by molar-refractivity contribution is 5.80. The maximum absolute atomic E-state index is 12.9. The van der Waals surface area contributed by atoms with Crippen molar-refractivity contribution in [1.29, 1.82) is 0 Å². The van der Waals surface area contributed by atoms with Gasteiger partial charge in [0.2, 0.25) is 0 Å². The van der Waals surface area contributed by atoms with Crippen molar-refractivity contribution < 1.29 is 4.39 Å². The molecule has 0 radical (unpaired) electrons. The normalized spacial score (nSPS) is 11.4. The van der Waals surface area contributed by atoms with Crippen molar-refractivity contribution in [3.8, 4) is 0 Å². The van der Waals surface area contributed by atoms with Crippen LogP contribution in [0.2, 0.25) is 0 Å². The van der Waals surface area contributed by atoms with Gasteiger partial charge in [0.05, 0.1) is 6.20 Å². The highest BCUT2D eigenvalue weighted by Crippen LogP contribution is 2.23. The van der Waals surface area contributed by atoms with Crippen molar-refractivity contribution in [1.82, 2.24) is 9.97 Å². The van der Waals surface area contributed by atoms with Crippen molar-refractivity contribution in [2.75, 3.05) is 0 Å². The Kier molecular flexibility index (Phi) is 1.79. The van der Waals surface area contributed by atoms with Crippen molar-refractivity contribution in [2.24, 2.45) is 0 Å². The van der Waals surface area contributed by atoms with Gasteiger partial charge in [0.1, 0.15) is 11.5 Å². The van der Waals surface area contributed by atoms with Gasteiger partial charge in [-0.1, -0.05) is 13.8 Å². The van der Waals surface area contributed by atoms with Crippen LogP contribution in [0.15, 0.2) is 18.5 Å². The molecule has 0 spiro atoms. The number of rotatable bonds is 1. The smallest absolute Gasteiger partial charge is 0.142 e. The van der Waals surface area contributed by atoms with Crippen LogP contribution in [-0.2, 0) is 0 Å². The zero-order valence-corrected chi connectivity index (χ0v) is 7.63. The Hall–Kier alpha value is -1.38. The second-order valence-corrected chi connectivity index (χ2v) is 3.45. The maximum Gasteiger partial charge on any atom is 0.142 e. The van der Waals surface area contributed by atoms with Gasteiger partial charge in [-0.05, 0) is 17.5 Å². The predicted octanol–water partition coefficient (Wildman–Crippen LogP) is 2.83. The average molecular weight is 178 g/mol. The van der Waals surface area contributed by atoms with Crippen LogP contribution in [-0.4, -0.2) is 9.97 Å². The molecule has 2 heterocycles. The van der Waals surface area contributed by atoms with Gasteiger partial charge < -0.3 is 4.98 Å². The van der Waals surface area contributed by atoms with Crippen molar-refractivity contribution in [2.45, 2.75) is 19.8 Å². The van der Waals surface area contributed by atoms with E-state index in [-0.39, 0.29) is 5.82 Å². The van der Waals surface area contributed by atoms with Crippen LogP contribution in [0.1, 0.15) is 25.3 Å². The van der Waals surface area contributed by atoms with E-state index < -0.39 is 0 Å². The molecule has 2 nitrogen and oxygen atoms in total. The lowest BCUT2D eigenvalue weighted by Crippen LogP contribution is -1.85. The van der Waals surface area contributed by atoms with Gasteiger partial charge in [0.25, 0.3) is 0 Å². The number of H-pyrrole nitrogens is 1. The van der Waals surface area contributed by atoms with E-state index in [0.29, 0.717) is 5.92 Å². The quantitative estimate of drug-likeness (QED) is 0.714. The Balaban J connectivity index is 2.71. The van der Waals surface area contributed by atoms with E-state index in [0.717, 1.165) is 16.6 Å². The summed E-state index contributed by atoms with van der Waals surface area (Å²) in [4.78, 5) is 6.97. The van der Waals surface area contributed by atoms with Gasteiger partial charge >= 0.3 is 0 Å². The summed E-state index contributed by atoms with van der Waals surface area (Å²) in [5.41, 5.74) is 1.87. The summed E-state index contributed by atoms with van der Waals surface area (Å²) >= 11 is 0. The second-order valence-electron chi connectivity index (χ2n) is 3.45. The molecule has 0 aliphatic heterocycles. The minimum absolute atomic E-state index is 0.283. The molecule has 0 fully saturated rings. The largest absolute Gasteiger partial charge is 0.346 e. The standard InChI is InChI=1S/C10H11FN2/c1-6(2)9-5-13-10-8(9)3-7(11)4-12-10/h3-6H,1-2H3,(H,12,13). The first-order valence-corrected chi connectivity index (χ1v) is 4.31. The van der Waals surface area contributed by atoms with Gasteiger partial charge in [-0.2, -0.15) is 0 Å². The molecule has 13 heavy (non-hydrogen) atoms. The summed E-state index contributed by atoms with van der Waals surface area (Å²) in [5, 5.41) is 0.884. The second kappa shape index (κ2) is 2.83. The number of aromatic amines is 1. The number of halogens is 1. The molecule has 0 amide bonds. The van der Waals surface area contributed by atoms with Crippen LogP contribution in [0.4, 0.5) is 4.39 Å². The zero-order valence-electron chi connectivity index (χ0n) is 7.63. The Morgan fingerprint density at radius 3 is 2.92 bits per heavy atom. The highest BCUT2D eigenvalue weighted by Gasteiger charge is 2.08. The van der Waals surface area contributed by atoms with Gasteiger partial charge in [-0.15, -0.1) is 0 Å². The monoisotopic (exact) mass is 178 g/mol. The minimum Gasteiger partial charge on any atom is -0.346 e. The third-order valence-electron chi connectivity index (χ3n) is 2.15.